The van der Waals surface area contributed by atoms with Crippen LogP contribution in [0.15, 0.2) is 4.52 Å². The third-order valence-corrected chi connectivity index (χ3v) is 4.25. The molecule has 6 heteroatoms. The van der Waals surface area contributed by atoms with Crippen LogP contribution in [0, 0.1) is 5.92 Å². The Kier molecular flexibility index (Phi) is 4.24. The third-order valence-electron chi connectivity index (χ3n) is 4.25. The van der Waals surface area contributed by atoms with Crippen molar-refractivity contribution in [2.45, 2.75) is 58.1 Å². The summed E-state index contributed by atoms with van der Waals surface area (Å²) in [6.07, 6.45) is 4.66. The summed E-state index contributed by atoms with van der Waals surface area (Å²) in [4.78, 5) is 18.8. The highest BCUT2D eigenvalue weighted by Gasteiger charge is 2.36. The molecule has 1 saturated carbocycles. The minimum Gasteiger partial charge on any atom is -0.368 e. The SMILES string of the molecule is CCc1nc([C@H]2CCCN2C(=O)[C@@H](C)OCC2CC2)no1. The van der Waals surface area contributed by atoms with Crippen molar-refractivity contribution >= 4 is 5.91 Å². The molecule has 0 aromatic carbocycles. The second kappa shape index (κ2) is 6.13. The molecule has 1 saturated heterocycles. The van der Waals surface area contributed by atoms with E-state index in [4.69, 9.17) is 9.26 Å². The normalized spacial score (nSPS) is 23.5. The van der Waals surface area contributed by atoms with Gasteiger partial charge in [0.2, 0.25) is 5.89 Å². The van der Waals surface area contributed by atoms with Gasteiger partial charge in [-0.2, -0.15) is 4.98 Å². The van der Waals surface area contributed by atoms with Crippen LogP contribution >= 0.6 is 0 Å². The predicted molar refractivity (Wildman–Crippen MR) is 75.5 cm³/mol. The minimum atomic E-state index is -0.385. The maximum absolute atomic E-state index is 12.6. The summed E-state index contributed by atoms with van der Waals surface area (Å²) in [5.74, 6) is 1.97. The van der Waals surface area contributed by atoms with Gasteiger partial charge in [-0.15, -0.1) is 0 Å². The molecule has 2 atom stereocenters. The van der Waals surface area contributed by atoms with Crippen LogP contribution in [0.3, 0.4) is 0 Å². The molecule has 6 nitrogen and oxygen atoms in total. The largest absolute Gasteiger partial charge is 0.368 e. The minimum absolute atomic E-state index is 0.0426. The van der Waals surface area contributed by atoms with Crippen molar-refractivity contribution in [1.82, 2.24) is 15.0 Å². The zero-order valence-corrected chi connectivity index (χ0v) is 12.7. The first-order valence-electron chi connectivity index (χ1n) is 7.93. The molecule has 1 amide bonds. The Morgan fingerprint density at radius 1 is 1.48 bits per heavy atom. The van der Waals surface area contributed by atoms with E-state index >= 15 is 0 Å². The number of likely N-dealkylation sites (tertiary alicyclic amines) is 1. The van der Waals surface area contributed by atoms with Gasteiger partial charge in [-0.1, -0.05) is 12.1 Å². The van der Waals surface area contributed by atoms with Crippen LogP contribution in [-0.4, -0.2) is 40.2 Å². The second-order valence-corrected chi connectivity index (χ2v) is 6.01. The van der Waals surface area contributed by atoms with Gasteiger partial charge in [0.1, 0.15) is 6.10 Å². The number of rotatable bonds is 6. The van der Waals surface area contributed by atoms with E-state index in [0.29, 0.717) is 30.7 Å². The number of aromatic nitrogens is 2. The van der Waals surface area contributed by atoms with Crippen LogP contribution < -0.4 is 0 Å². The van der Waals surface area contributed by atoms with E-state index in [1.165, 1.54) is 12.8 Å². The Balaban J connectivity index is 1.63. The summed E-state index contributed by atoms with van der Waals surface area (Å²) < 4.78 is 10.9. The van der Waals surface area contributed by atoms with Crippen LogP contribution in [-0.2, 0) is 16.0 Å². The fourth-order valence-corrected chi connectivity index (χ4v) is 2.72. The molecule has 2 aliphatic rings. The van der Waals surface area contributed by atoms with Gasteiger partial charge >= 0.3 is 0 Å². The molecule has 0 N–H and O–H groups in total. The lowest BCUT2D eigenvalue weighted by atomic mass is 10.2. The van der Waals surface area contributed by atoms with Crippen LogP contribution in [0.4, 0.5) is 0 Å². The summed E-state index contributed by atoms with van der Waals surface area (Å²) >= 11 is 0. The summed E-state index contributed by atoms with van der Waals surface area (Å²) in [7, 11) is 0. The molecular weight excluding hydrogens is 270 g/mol. The molecule has 0 radical (unpaired) electrons. The van der Waals surface area contributed by atoms with Gasteiger partial charge in [0.25, 0.3) is 5.91 Å². The fraction of sp³-hybridized carbons (Fsp3) is 0.800. The topological polar surface area (TPSA) is 68.5 Å². The highest BCUT2D eigenvalue weighted by atomic mass is 16.5. The molecular formula is C15H23N3O3. The lowest BCUT2D eigenvalue weighted by molar-refractivity contribution is -0.144. The van der Waals surface area contributed by atoms with Gasteiger partial charge < -0.3 is 14.2 Å². The standard InChI is InChI=1S/C15H23N3O3/c1-3-13-16-14(17-21-13)12-5-4-8-18(12)15(19)10(2)20-9-11-6-7-11/h10-12H,3-9H2,1-2H3/t10-,12-/m1/s1. The second-order valence-electron chi connectivity index (χ2n) is 6.01. The number of ether oxygens (including phenoxy) is 1. The summed E-state index contributed by atoms with van der Waals surface area (Å²) in [5, 5.41) is 4.02. The van der Waals surface area contributed by atoms with E-state index in [0.717, 1.165) is 19.4 Å². The fourth-order valence-electron chi connectivity index (χ4n) is 2.72. The maximum Gasteiger partial charge on any atom is 0.252 e. The third kappa shape index (κ3) is 3.26. The zero-order valence-electron chi connectivity index (χ0n) is 12.7. The number of carbonyl (C=O) groups is 1. The first-order chi connectivity index (χ1) is 10.2. The number of amides is 1. The Morgan fingerprint density at radius 3 is 2.95 bits per heavy atom. The molecule has 1 aliphatic carbocycles. The van der Waals surface area contributed by atoms with Crippen LogP contribution in [0.25, 0.3) is 0 Å². The molecule has 1 aromatic rings. The maximum atomic E-state index is 12.6. The Morgan fingerprint density at radius 2 is 2.29 bits per heavy atom. The lowest BCUT2D eigenvalue weighted by Gasteiger charge is -2.25. The van der Waals surface area contributed by atoms with Crippen molar-refractivity contribution < 1.29 is 14.1 Å². The number of aryl methyl sites for hydroxylation is 1. The molecule has 2 heterocycles. The molecule has 0 unspecified atom stereocenters. The molecule has 2 fully saturated rings. The van der Waals surface area contributed by atoms with E-state index in [9.17, 15) is 4.79 Å². The van der Waals surface area contributed by atoms with Crippen LogP contribution in [0.5, 0.6) is 0 Å². The van der Waals surface area contributed by atoms with Crippen molar-refractivity contribution in [2.75, 3.05) is 13.2 Å². The van der Waals surface area contributed by atoms with Gasteiger partial charge in [-0.05, 0) is 38.5 Å². The first kappa shape index (κ1) is 14.5. The van der Waals surface area contributed by atoms with E-state index in [1.807, 2.05) is 18.7 Å². The quantitative estimate of drug-likeness (QED) is 0.803. The van der Waals surface area contributed by atoms with E-state index < -0.39 is 0 Å². The van der Waals surface area contributed by atoms with Gasteiger partial charge in [0, 0.05) is 13.0 Å². The van der Waals surface area contributed by atoms with E-state index in [1.54, 1.807) is 0 Å². The van der Waals surface area contributed by atoms with Crippen LogP contribution in [0.2, 0.25) is 0 Å². The molecule has 116 valence electrons. The first-order valence-corrected chi connectivity index (χ1v) is 7.93. The molecule has 1 aromatic heterocycles. The summed E-state index contributed by atoms with van der Waals surface area (Å²) in [6, 6.07) is -0.0616. The molecule has 0 spiro atoms. The Bertz CT molecular complexity index is 498. The monoisotopic (exact) mass is 293 g/mol. The van der Waals surface area contributed by atoms with Crippen molar-refractivity contribution in [2.24, 2.45) is 5.92 Å². The molecule has 0 bridgehead atoms. The van der Waals surface area contributed by atoms with Crippen molar-refractivity contribution in [3.63, 3.8) is 0 Å². The molecule has 1 aliphatic heterocycles. The smallest absolute Gasteiger partial charge is 0.252 e. The highest BCUT2D eigenvalue weighted by molar-refractivity contribution is 5.81. The number of hydrogen-bond acceptors (Lipinski definition) is 5. The number of nitrogens with zero attached hydrogens (tertiary/aromatic N) is 3. The van der Waals surface area contributed by atoms with Gasteiger partial charge in [-0.3, -0.25) is 4.79 Å². The van der Waals surface area contributed by atoms with Crippen molar-refractivity contribution in [3.05, 3.63) is 11.7 Å². The van der Waals surface area contributed by atoms with E-state index in [2.05, 4.69) is 10.1 Å². The summed E-state index contributed by atoms with van der Waals surface area (Å²) in [5.41, 5.74) is 0. The van der Waals surface area contributed by atoms with E-state index in [-0.39, 0.29) is 18.1 Å². The number of carbonyl (C=O) groups excluding carboxylic acids is 1. The average molecular weight is 293 g/mol. The van der Waals surface area contributed by atoms with Crippen LogP contribution in [0.1, 0.15) is 57.3 Å². The zero-order chi connectivity index (χ0) is 14.8. The molecule has 21 heavy (non-hydrogen) atoms. The Labute approximate surface area is 124 Å². The Hall–Kier alpha value is -1.43. The van der Waals surface area contributed by atoms with Gasteiger partial charge in [0.05, 0.1) is 12.6 Å². The highest BCUT2D eigenvalue weighted by Crippen LogP contribution is 2.32. The molecule has 3 rings (SSSR count). The van der Waals surface area contributed by atoms with Gasteiger partial charge in [0.15, 0.2) is 5.82 Å². The van der Waals surface area contributed by atoms with Crippen molar-refractivity contribution in [1.29, 1.82) is 0 Å². The lowest BCUT2D eigenvalue weighted by Crippen LogP contribution is -2.39. The average Bonchev–Trinajstić information content (AvgIpc) is 3.02. The number of hydrogen-bond donors (Lipinski definition) is 0. The predicted octanol–water partition coefficient (Wildman–Crippen LogP) is 2.11. The van der Waals surface area contributed by atoms with Crippen molar-refractivity contribution in [3.8, 4) is 0 Å². The van der Waals surface area contributed by atoms with Gasteiger partial charge in [-0.25, -0.2) is 0 Å². The summed E-state index contributed by atoms with van der Waals surface area (Å²) in [6.45, 7) is 5.26.